The predicted octanol–water partition coefficient (Wildman–Crippen LogP) is 3.08. The summed E-state index contributed by atoms with van der Waals surface area (Å²) in [6.45, 7) is 4.57. The summed E-state index contributed by atoms with van der Waals surface area (Å²) in [4.78, 5) is 12.8. The smallest absolute Gasteiger partial charge is 0.213 e. The van der Waals surface area contributed by atoms with Crippen molar-refractivity contribution in [2.45, 2.75) is 56.3 Å². The molecule has 1 fully saturated rings. The van der Waals surface area contributed by atoms with E-state index in [9.17, 15) is 8.42 Å². The molecule has 0 N–H and O–H groups in total. The summed E-state index contributed by atoms with van der Waals surface area (Å²) in [6, 6.07) is 5.33. The molecule has 1 saturated heterocycles. The average molecular weight is 507 g/mol. The second-order valence-electron chi connectivity index (χ2n) is 8.31. The summed E-state index contributed by atoms with van der Waals surface area (Å²) >= 11 is 5.87. The number of rotatable bonds is 9. The SMILES string of the molecule is COc1cccc(-c2nnc(CS(=O)(=O)[C@@H](C)[C@H](C)c3ncc(Cl)cn3)n2C[C@@H]2CCCO2)n1. The second-order valence-corrected chi connectivity index (χ2v) is 11.1. The fraction of sp³-hybridized carbons (Fsp3) is 0.500. The Balaban J connectivity index is 1.64. The first-order valence-corrected chi connectivity index (χ1v) is 13.1. The van der Waals surface area contributed by atoms with E-state index in [-0.39, 0.29) is 11.9 Å². The normalized spacial score (nSPS) is 18.1. The Kier molecular flexibility index (Phi) is 7.44. The number of pyridine rings is 1. The number of nitrogens with zero attached hydrogens (tertiary/aromatic N) is 6. The van der Waals surface area contributed by atoms with Crippen LogP contribution in [0.25, 0.3) is 11.5 Å². The Morgan fingerprint density at radius 3 is 2.68 bits per heavy atom. The number of hydrogen-bond donors (Lipinski definition) is 0. The van der Waals surface area contributed by atoms with Gasteiger partial charge in [0.05, 0.1) is 30.0 Å². The summed E-state index contributed by atoms with van der Waals surface area (Å²) in [5.41, 5.74) is 0.546. The van der Waals surface area contributed by atoms with Crippen LogP contribution < -0.4 is 4.74 Å². The molecule has 1 aliphatic rings. The van der Waals surface area contributed by atoms with Crippen LogP contribution in [0.2, 0.25) is 5.02 Å². The molecule has 34 heavy (non-hydrogen) atoms. The minimum Gasteiger partial charge on any atom is -0.481 e. The van der Waals surface area contributed by atoms with Gasteiger partial charge in [0, 0.05) is 31.0 Å². The zero-order chi connectivity index (χ0) is 24.3. The third-order valence-electron chi connectivity index (χ3n) is 6.05. The summed E-state index contributed by atoms with van der Waals surface area (Å²) in [7, 11) is -2.09. The van der Waals surface area contributed by atoms with Crippen molar-refractivity contribution < 1.29 is 17.9 Å². The first-order chi connectivity index (χ1) is 16.3. The number of hydrogen-bond acceptors (Lipinski definition) is 9. The molecule has 4 heterocycles. The van der Waals surface area contributed by atoms with Crippen molar-refractivity contribution in [1.82, 2.24) is 29.7 Å². The maximum absolute atomic E-state index is 13.4. The van der Waals surface area contributed by atoms with Crippen LogP contribution in [0.3, 0.4) is 0 Å². The van der Waals surface area contributed by atoms with Crippen molar-refractivity contribution in [2.24, 2.45) is 0 Å². The number of aromatic nitrogens is 6. The second kappa shape index (κ2) is 10.3. The zero-order valence-corrected chi connectivity index (χ0v) is 20.8. The fourth-order valence-corrected chi connectivity index (χ4v) is 5.54. The molecule has 1 aliphatic heterocycles. The molecule has 4 rings (SSSR count). The van der Waals surface area contributed by atoms with E-state index in [1.54, 1.807) is 36.6 Å². The van der Waals surface area contributed by atoms with Gasteiger partial charge in [0.15, 0.2) is 15.7 Å². The molecule has 0 aliphatic carbocycles. The molecule has 10 nitrogen and oxygen atoms in total. The topological polar surface area (TPSA) is 122 Å². The number of halogens is 1. The van der Waals surface area contributed by atoms with E-state index in [1.807, 2.05) is 0 Å². The summed E-state index contributed by atoms with van der Waals surface area (Å²) in [5.74, 6) is 0.950. The number of ether oxygens (including phenoxy) is 2. The molecule has 0 bridgehead atoms. The van der Waals surface area contributed by atoms with Crippen LogP contribution in [-0.4, -0.2) is 63.2 Å². The van der Waals surface area contributed by atoms with Gasteiger partial charge in [0.1, 0.15) is 23.1 Å². The average Bonchev–Trinajstić information content (AvgIpc) is 3.49. The summed E-state index contributed by atoms with van der Waals surface area (Å²) < 4.78 is 39.6. The van der Waals surface area contributed by atoms with Crippen molar-refractivity contribution in [1.29, 1.82) is 0 Å². The summed E-state index contributed by atoms with van der Waals surface area (Å²) in [6.07, 6.45) is 4.73. The van der Waals surface area contributed by atoms with E-state index in [0.717, 1.165) is 12.8 Å². The lowest BCUT2D eigenvalue weighted by molar-refractivity contribution is 0.0967. The van der Waals surface area contributed by atoms with E-state index >= 15 is 0 Å². The monoisotopic (exact) mass is 506 g/mol. The van der Waals surface area contributed by atoms with Gasteiger partial charge in [0.2, 0.25) is 5.88 Å². The maximum atomic E-state index is 13.4. The van der Waals surface area contributed by atoms with E-state index in [1.165, 1.54) is 19.5 Å². The molecule has 0 unspecified atom stereocenters. The lowest BCUT2D eigenvalue weighted by atomic mass is 10.1. The molecule has 0 aromatic carbocycles. The molecule has 3 atom stereocenters. The molecular weight excluding hydrogens is 480 g/mol. The largest absolute Gasteiger partial charge is 0.481 e. The van der Waals surface area contributed by atoms with Crippen LogP contribution in [0, 0.1) is 0 Å². The van der Waals surface area contributed by atoms with E-state index in [0.29, 0.717) is 47.2 Å². The highest BCUT2D eigenvalue weighted by Crippen LogP contribution is 2.27. The predicted molar refractivity (Wildman–Crippen MR) is 126 cm³/mol. The van der Waals surface area contributed by atoms with Crippen LogP contribution in [0.15, 0.2) is 30.6 Å². The highest BCUT2D eigenvalue weighted by atomic mass is 35.5. The van der Waals surface area contributed by atoms with E-state index < -0.39 is 21.0 Å². The van der Waals surface area contributed by atoms with Gasteiger partial charge in [-0.05, 0) is 25.8 Å². The molecule has 182 valence electrons. The fourth-order valence-electron chi connectivity index (χ4n) is 3.86. The van der Waals surface area contributed by atoms with Crippen LogP contribution in [0.5, 0.6) is 5.88 Å². The Labute approximate surface area is 203 Å². The Morgan fingerprint density at radius 1 is 1.24 bits per heavy atom. The van der Waals surface area contributed by atoms with Crippen LogP contribution in [0.1, 0.15) is 44.3 Å². The summed E-state index contributed by atoms with van der Waals surface area (Å²) in [5, 5.41) is 8.19. The van der Waals surface area contributed by atoms with Crippen molar-refractivity contribution in [3.63, 3.8) is 0 Å². The van der Waals surface area contributed by atoms with Crippen LogP contribution in [-0.2, 0) is 26.9 Å². The zero-order valence-electron chi connectivity index (χ0n) is 19.3. The van der Waals surface area contributed by atoms with Gasteiger partial charge < -0.3 is 14.0 Å². The van der Waals surface area contributed by atoms with Crippen molar-refractivity contribution in [3.05, 3.63) is 47.3 Å². The third-order valence-corrected chi connectivity index (χ3v) is 8.44. The van der Waals surface area contributed by atoms with Crippen molar-refractivity contribution >= 4 is 21.4 Å². The Hall–Kier alpha value is -2.63. The van der Waals surface area contributed by atoms with Gasteiger partial charge in [-0.25, -0.2) is 23.4 Å². The molecule has 0 spiro atoms. The van der Waals surface area contributed by atoms with Gasteiger partial charge in [-0.1, -0.05) is 24.6 Å². The van der Waals surface area contributed by atoms with Crippen molar-refractivity contribution in [3.8, 4) is 17.4 Å². The van der Waals surface area contributed by atoms with Gasteiger partial charge >= 0.3 is 0 Å². The third kappa shape index (κ3) is 5.37. The maximum Gasteiger partial charge on any atom is 0.213 e. The minimum atomic E-state index is -3.63. The van der Waals surface area contributed by atoms with Crippen molar-refractivity contribution in [2.75, 3.05) is 13.7 Å². The van der Waals surface area contributed by atoms with Gasteiger partial charge in [-0.15, -0.1) is 10.2 Å². The molecule has 3 aromatic heterocycles. The lowest BCUT2D eigenvalue weighted by Gasteiger charge is -2.20. The highest BCUT2D eigenvalue weighted by molar-refractivity contribution is 7.91. The molecule has 0 saturated carbocycles. The lowest BCUT2D eigenvalue weighted by Crippen LogP contribution is -2.28. The first kappa shape index (κ1) is 24.5. The Bertz CT molecular complexity index is 1230. The van der Waals surface area contributed by atoms with Crippen LogP contribution in [0.4, 0.5) is 0 Å². The van der Waals surface area contributed by atoms with E-state index in [4.69, 9.17) is 21.1 Å². The quantitative estimate of drug-likeness (QED) is 0.430. The van der Waals surface area contributed by atoms with Gasteiger partial charge in [-0.3, -0.25) is 0 Å². The standard InChI is InChI=1S/C22H27ClN6O4S/c1-14(21-24-10-16(23)11-25-21)15(2)34(30,31)13-19-27-28-22(18-7-4-8-20(26-18)32-3)29(19)12-17-6-5-9-33-17/h4,7-8,10-11,14-15,17H,5-6,9,12-13H2,1-3H3/t14-,15-,17-/m0/s1. The minimum absolute atomic E-state index is 0.0411. The molecule has 3 aromatic rings. The number of sulfone groups is 1. The molecule has 0 radical (unpaired) electrons. The highest BCUT2D eigenvalue weighted by Gasteiger charge is 2.32. The van der Waals surface area contributed by atoms with Crippen LogP contribution >= 0.6 is 11.6 Å². The van der Waals surface area contributed by atoms with E-state index in [2.05, 4.69) is 25.1 Å². The van der Waals surface area contributed by atoms with Gasteiger partial charge in [0.25, 0.3) is 0 Å². The molecular formula is C22H27ClN6O4S. The number of methoxy groups -OCH3 is 1. The molecule has 12 heteroatoms. The first-order valence-electron chi connectivity index (χ1n) is 11.0. The molecule has 0 amide bonds. The Morgan fingerprint density at radius 2 is 2.00 bits per heavy atom. The van der Waals surface area contributed by atoms with Gasteiger partial charge in [-0.2, -0.15) is 0 Å².